The Morgan fingerprint density at radius 3 is 2.05 bits per heavy atom. The Balaban J connectivity index is 1.28. The van der Waals surface area contributed by atoms with Gasteiger partial charge in [0.1, 0.15) is 19.3 Å². The minimum Gasteiger partial charge on any atom is -0.447 e. The van der Waals surface area contributed by atoms with Crippen molar-refractivity contribution in [1.82, 2.24) is 5.32 Å². The molecule has 2 rings (SSSR count). The maximum Gasteiger partial charge on any atom is 0.407 e. The van der Waals surface area contributed by atoms with Crippen LogP contribution in [0.5, 0.6) is 0 Å². The minimum absolute atomic E-state index is 0.137. The third-order valence-electron chi connectivity index (χ3n) is 7.65. The first-order valence-electron chi connectivity index (χ1n) is 16.4. The smallest absolute Gasteiger partial charge is 0.407 e. The lowest BCUT2D eigenvalue weighted by atomic mass is 10.0. The van der Waals surface area contributed by atoms with Gasteiger partial charge in [-0.25, -0.2) is 4.79 Å². The van der Waals surface area contributed by atoms with E-state index in [0.717, 1.165) is 32.2 Å². The first-order valence-corrected chi connectivity index (χ1v) is 17.3. The fourth-order valence-corrected chi connectivity index (χ4v) is 5.81. The SMILES string of the molecule is CCCCCCCCCCCCCCCCC[C@H]1OC[C@H](COC(=O)NCCCCCCC[n+]2ccsc2)O1. The predicted molar refractivity (Wildman–Crippen MR) is 161 cm³/mol. The average molecular weight is 568 g/mol. The molecule has 1 aliphatic heterocycles. The number of hydrogen-bond donors (Lipinski definition) is 1. The molecule has 1 amide bonds. The van der Waals surface area contributed by atoms with Crippen LogP contribution in [0.25, 0.3) is 0 Å². The molecule has 1 aliphatic rings. The number of hydrogen-bond acceptors (Lipinski definition) is 5. The van der Waals surface area contributed by atoms with Crippen LogP contribution in [0, 0.1) is 0 Å². The summed E-state index contributed by atoms with van der Waals surface area (Å²) in [5.74, 6) is 0. The molecule has 1 aromatic rings. The second-order valence-corrected chi connectivity index (χ2v) is 12.1. The molecule has 39 heavy (non-hydrogen) atoms. The van der Waals surface area contributed by atoms with Crippen LogP contribution in [0.4, 0.5) is 4.79 Å². The van der Waals surface area contributed by atoms with Gasteiger partial charge in [-0.05, 0) is 25.7 Å². The van der Waals surface area contributed by atoms with Crippen molar-refractivity contribution in [3.05, 3.63) is 17.1 Å². The number of aryl methyl sites for hydroxylation is 1. The zero-order chi connectivity index (χ0) is 27.6. The first-order chi connectivity index (χ1) is 19.3. The Morgan fingerprint density at radius 2 is 1.44 bits per heavy atom. The third kappa shape index (κ3) is 19.5. The Bertz CT molecular complexity index is 673. The normalized spacial score (nSPS) is 17.1. The number of unbranched alkanes of at least 4 members (excludes halogenated alkanes) is 18. The van der Waals surface area contributed by atoms with Crippen molar-refractivity contribution in [1.29, 1.82) is 0 Å². The highest BCUT2D eigenvalue weighted by molar-refractivity contribution is 7.07. The summed E-state index contributed by atoms with van der Waals surface area (Å²) in [4.78, 5) is 11.9. The molecule has 7 heteroatoms. The molecule has 1 aromatic heterocycles. The van der Waals surface area contributed by atoms with Gasteiger partial charge in [-0.15, -0.1) is 0 Å². The van der Waals surface area contributed by atoms with E-state index >= 15 is 0 Å². The van der Waals surface area contributed by atoms with Gasteiger partial charge in [-0.3, -0.25) is 0 Å². The number of ether oxygens (including phenoxy) is 3. The van der Waals surface area contributed by atoms with Crippen LogP contribution in [0.3, 0.4) is 0 Å². The molecule has 0 bridgehead atoms. The minimum atomic E-state index is -0.349. The molecule has 2 heterocycles. The highest BCUT2D eigenvalue weighted by atomic mass is 32.1. The van der Waals surface area contributed by atoms with Gasteiger partial charge in [0.15, 0.2) is 12.5 Å². The Hall–Kier alpha value is -1.18. The molecule has 0 aliphatic carbocycles. The standard InChI is InChI=1S/C32H58N2O4S/c1-2-3-4-5-6-7-8-9-10-11-12-13-14-16-19-22-31-36-27-30(38-31)28-37-32(35)33-23-20-17-15-18-21-24-34-25-26-39-29-34/h25-26,29-31H,2-24,27-28H2,1H3/p+1/t30-,31+/m1/s1. The second kappa shape index (κ2) is 24.6. The molecule has 1 fully saturated rings. The van der Waals surface area contributed by atoms with Crippen LogP contribution in [-0.2, 0) is 20.8 Å². The van der Waals surface area contributed by atoms with E-state index in [1.54, 1.807) is 11.3 Å². The quantitative estimate of drug-likeness (QED) is 0.0898. The zero-order valence-electron chi connectivity index (χ0n) is 25.1. The molecular formula is C32H59N2O4S+. The number of nitrogens with one attached hydrogen (secondary N) is 1. The summed E-state index contributed by atoms with van der Waals surface area (Å²) >= 11 is 1.73. The van der Waals surface area contributed by atoms with Gasteiger partial charge in [0, 0.05) is 13.0 Å². The van der Waals surface area contributed by atoms with Crippen LogP contribution < -0.4 is 9.88 Å². The number of nitrogens with zero attached hydrogens (tertiary/aromatic N) is 1. The van der Waals surface area contributed by atoms with Crippen LogP contribution >= 0.6 is 11.3 Å². The maximum atomic E-state index is 11.9. The summed E-state index contributed by atoms with van der Waals surface area (Å²) in [5.41, 5.74) is 2.15. The largest absolute Gasteiger partial charge is 0.447 e. The van der Waals surface area contributed by atoms with Crippen molar-refractivity contribution in [3.63, 3.8) is 0 Å². The van der Waals surface area contributed by atoms with Gasteiger partial charge in [-0.1, -0.05) is 121 Å². The van der Waals surface area contributed by atoms with E-state index in [1.165, 1.54) is 109 Å². The number of amides is 1. The lowest BCUT2D eigenvalue weighted by Crippen LogP contribution is -2.30. The van der Waals surface area contributed by atoms with E-state index in [0.29, 0.717) is 13.2 Å². The lowest BCUT2D eigenvalue weighted by molar-refractivity contribution is -0.692. The van der Waals surface area contributed by atoms with E-state index in [4.69, 9.17) is 14.2 Å². The summed E-state index contributed by atoms with van der Waals surface area (Å²) in [5, 5.41) is 4.96. The molecule has 1 saturated heterocycles. The van der Waals surface area contributed by atoms with Gasteiger partial charge in [0.2, 0.25) is 5.51 Å². The van der Waals surface area contributed by atoms with E-state index in [2.05, 4.69) is 33.9 Å². The average Bonchev–Trinajstić information content (AvgIpc) is 3.63. The van der Waals surface area contributed by atoms with Crippen LogP contribution in [0.2, 0.25) is 0 Å². The number of alkyl carbamates (subject to hydrolysis) is 1. The molecular weight excluding hydrogens is 508 g/mol. The van der Waals surface area contributed by atoms with Gasteiger partial charge in [-0.2, -0.15) is 4.57 Å². The van der Waals surface area contributed by atoms with Crippen LogP contribution in [-0.4, -0.2) is 38.2 Å². The van der Waals surface area contributed by atoms with E-state index in [1.807, 2.05) is 0 Å². The van der Waals surface area contributed by atoms with Crippen molar-refractivity contribution < 1.29 is 23.6 Å². The number of aromatic nitrogens is 1. The Morgan fingerprint density at radius 1 is 0.846 bits per heavy atom. The van der Waals surface area contributed by atoms with Gasteiger partial charge < -0.3 is 19.5 Å². The van der Waals surface area contributed by atoms with E-state index in [9.17, 15) is 4.79 Å². The third-order valence-corrected chi connectivity index (χ3v) is 8.32. The number of carbonyl (C=O) groups is 1. The van der Waals surface area contributed by atoms with E-state index in [-0.39, 0.29) is 25.1 Å². The van der Waals surface area contributed by atoms with Crippen molar-refractivity contribution in [2.75, 3.05) is 19.8 Å². The molecule has 0 spiro atoms. The lowest BCUT2D eigenvalue weighted by Gasteiger charge is -2.12. The van der Waals surface area contributed by atoms with E-state index < -0.39 is 0 Å². The number of carbonyl (C=O) groups excluding carboxylic acids is 1. The molecule has 6 nitrogen and oxygen atoms in total. The second-order valence-electron chi connectivity index (χ2n) is 11.3. The number of thiazole rings is 1. The molecule has 0 radical (unpaired) electrons. The van der Waals surface area contributed by atoms with Gasteiger partial charge >= 0.3 is 6.09 Å². The fourth-order valence-electron chi connectivity index (χ4n) is 5.18. The molecule has 2 atom stereocenters. The summed E-state index contributed by atoms with van der Waals surface area (Å²) < 4.78 is 19.2. The molecule has 0 unspecified atom stereocenters. The highest BCUT2D eigenvalue weighted by Crippen LogP contribution is 2.19. The zero-order valence-corrected chi connectivity index (χ0v) is 25.9. The summed E-state index contributed by atoms with van der Waals surface area (Å²) in [6.45, 7) is 4.83. The Kier molecular flexibility index (Phi) is 21.5. The van der Waals surface area contributed by atoms with Crippen LogP contribution in [0.15, 0.2) is 17.1 Å². The van der Waals surface area contributed by atoms with Gasteiger partial charge in [0.25, 0.3) is 0 Å². The van der Waals surface area contributed by atoms with Crippen LogP contribution in [0.1, 0.15) is 142 Å². The van der Waals surface area contributed by atoms with Gasteiger partial charge in [0.05, 0.1) is 12.0 Å². The molecule has 0 aromatic carbocycles. The fraction of sp³-hybridized carbons (Fsp3) is 0.875. The van der Waals surface area contributed by atoms with Crippen molar-refractivity contribution in [2.24, 2.45) is 0 Å². The molecule has 0 saturated carbocycles. The monoisotopic (exact) mass is 567 g/mol. The maximum absolute atomic E-state index is 11.9. The summed E-state index contributed by atoms with van der Waals surface area (Å²) in [6.07, 6.45) is 28.8. The van der Waals surface area contributed by atoms with Crippen molar-refractivity contribution in [3.8, 4) is 0 Å². The highest BCUT2D eigenvalue weighted by Gasteiger charge is 2.26. The first kappa shape index (κ1) is 34.0. The topological polar surface area (TPSA) is 60.7 Å². The molecule has 1 N–H and O–H groups in total. The van der Waals surface area contributed by atoms with Crippen molar-refractivity contribution in [2.45, 2.75) is 161 Å². The Labute approximate surface area is 243 Å². The molecule has 226 valence electrons. The predicted octanol–water partition coefficient (Wildman–Crippen LogP) is 8.72. The summed E-state index contributed by atoms with van der Waals surface area (Å²) in [6, 6.07) is 0. The summed E-state index contributed by atoms with van der Waals surface area (Å²) in [7, 11) is 0. The van der Waals surface area contributed by atoms with Crippen molar-refractivity contribution >= 4 is 17.4 Å². The number of rotatable bonds is 26.